The first-order valence-corrected chi connectivity index (χ1v) is 7.86. The van der Waals surface area contributed by atoms with Crippen LogP contribution in [0.1, 0.15) is 12.8 Å². The van der Waals surface area contributed by atoms with Gasteiger partial charge in [0.05, 0.1) is 5.02 Å². The van der Waals surface area contributed by atoms with Crippen LogP contribution in [0.5, 0.6) is 5.75 Å². The normalized spacial score (nSPS) is 12.7. The molecule has 1 aromatic rings. The summed E-state index contributed by atoms with van der Waals surface area (Å²) in [4.78, 5) is 2.17. The van der Waals surface area contributed by atoms with Crippen molar-refractivity contribution in [3.63, 3.8) is 0 Å². The summed E-state index contributed by atoms with van der Waals surface area (Å²) in [6.07, 6.45) is 1.67. The molecular formula is C15H24Cl2N2O2. The Morgan fingerprint density at radius 3 is 2.71 bits per heavy atom. The van der Waals surface area contributed by atoms with Gasteiger partial charge in [-0.1, -0.05) is 23.2 Å². The van der Waals surface area contributed by atoms with E-state index in [0.717, 1.165) is 25.9 Å². The monoisotopic (exact) mass is 334 g/mol. The summed E-state index contributed by atoms with van der Waals surface area (Å²) in [5.74, 6) is 0.533. The Labute approximate surface area is 137 Å². The van der Waals surface area contributed by atoms with E-state index in [-0.39, 0.29) is 6.61 Å². The highest BCUT2D eigenvalue weighted by atomic mass is 35.5. The molecule has 0 saturated heterocycles. The zero-order chi connectivity index (χ0) is 15.7. The molecule has 0 aliphatic rings. The number of hydrogen-bond donors (Lipinski definition) is 2. The highest BCUT2D eigenvalue weighted by Gasteiger charge is 2.07. The van der Waals surface area contributed by atoms with Crippen molar-refractivity contribution < 1.29 is 9.84 Å². The standard InChI is InChI=1S/C15H24Cl2N2O2/c1-19(2)8-4-3-7-18-10-13(20)11-21-15-6-5-12(16)9-14(15)17/h5-6,9,13,18,20H,3-4,7-8,10-11H2,1-2H3. The fourth-order valence-electron chi connectivity index (χ4n) is 1.78. The molecule has 0 aliphatic heterocycles. The maximum absolute atomic E-state index is 9.84. The van der Waals surface area contributed by atoms with E-state index in [9.17, 15) is 5.11 Å². The average Bonchev–Trinajstić information content (AvgIpc) is 2.41. The summed E-state index contributed by atoms with van der Waals surface area (Å²) in [6.45, 7) is 2.69. The minimum atomic E-state index is -0.564. The minimum absolute atomic E-state index is 0.200. The van der Waals surface area contributed by atoms with E-state index in [0.29, 0.717) is 22.3 Å². The molecule has 0 fully saturated rings. The van der Waals surface area contributed by atoms with E-state index in [1.54, 1.807) is 18.2 Å². The number of aliphatic hydroxyl groups excluding tert-OH is 1. The van der Waals surface area contributed by atoms with Crippen molar-refractivity contribution in [3.05, 3.63) is 28.2 Å². The predicted molar refractivity (Wildman–Crippen MR) is 88.6 cm³/mol. The predicted octanol–water partition coefficient (Wildman–Crippen LogP) is 2.66. The second-order valence-corrected chi connectivity index (χ2v) is 6.10. The lowest BCUT2D eigenvalue weighted by Crippen LogP contribution is -2.32. The average molecular weight is 335 g/mol. The van der Waals surface area contributed by atoms with Gasteiger partial charge in [0.2, 0.25) is 0 Å². The Kier molecular flexibility index (Phi) is 9.04. The smallest absolute Gasteiger partial charge is 0.138 e. The quantitative estimate of drug-likeness (QED) is 0.646. The molecule has 6 heteroatoms. The van der Waals surface area contributed by atoms with E-state index in [1.165, 1.54) is 0 Å². The van der Waals surface area contributed by atoms with Gasteiger partial charge in [0.25, 0.3) is 0 Å². The number of nitrogens with zero attached hydrogens (tertiary/aromatic N) is 1. The number of nitrogens with one attached hydrogen (secondary N) is 1. The lowest BCUT2D eigenvalue weighted by Gasteiger charge is -2.14. The highest BCUT2D eigenvalue weighted by molar-refractivity contribution is 6.35. The second-order valence-electron chi connectivity index (χ2n) is 5.25. The van der Waals surface area contributed by atoms with Crippen molar-refractivity contribution in [1.82, 2.24) is 10.2 Å². The molecule has 0 amide bonds. The third-order valence-electron chi connectivity index (χ3n) is 2.91. The van der Waals surface area contributed by atoms with Crippen molar-refractivity contribution in [1.29, 1.82) is 0 Å². The lowest BCUT2D eigenvalue weighted by molar-refractivity contribution is 0.106. The summed E-state index contributed by atoms with van der Waals surface area (Å²) in [7, 11) is 4.13. The number of aliphatic hydroxyl groups is 1. The van der Waals surface area contributed by atoms with E-state index in [1.807, 2.05) is 0 Å². The zero-order valence-corrected chi connectivity index (χ0v) is 14.1. The molecule has 0 aromatic heterocycles. The molecular weight excluding hydrogens is 311 g/mol. The molecule has 0 heterocycles. The SMILES string of the molecule is CN(C)CCCCNCC(O)COc1ccc(Cl)cc1Cl. The van der Waals surface area contributed by atoms with E-state index in [4.69, 9.17) is 27.9 Å². The number of rotatable bonds is 10. The lowest BCUT2D eigenvalue weighted by atomic mass is 10.3. The molecule has 0 aliphatic carbocycles. The Morgan fingerprint density at radius 2 is 2.05 bits per heavy atom. The first-order chi connectivity index (χ1) is 9.99. The zero-order valence-electron chi connectivity index (χ0n) is 12.6. The van der Waals surface area contributed by atoms with Gasteiger partial charge in [-0.05, 0) is 58.2 Å². The Morgan fingerprint density at radius 1 is 1.29 bits per heavy atom. The van der Waals surface area contributed by atoms with Crippen LogP contribution in [0, 0.1) is 0 Å². The van der Waals surface area contributed by atoms with Gasteiger partial charge in [0, 0.05) is 11.6 Å². The van der Waals surface area contributed by atoms with Crippen LogP contribution in [-0.2, 0) is 0 Å². The largest absolute Gasteiger partial charge is 0.489 e. The van der Waals surface area contributed by atoms with Crippen molar-refractivity contribution in [3.8, 4) is 5.75 Å². The molecule has 1 aromatic carbocycles. The Bertz CT molecular complexity index is 417. The van der Waals surface area contributed by atoms with Gasteiger partial charge in [0.15, 0.2) is 0 Å². The Hall–Kier alpha value is -0.520. The minimum Gasteiger partial charge on any atom is -0.489 e. The number of benzene rings is 1. The Balaban J connectivity index is 2.12. The molecule has 0 bridgehead atoms. The summed E-state index contributed by atoms with van der Waals surface area (Å²) in [6, 6.07) is 5.03. The molecule has 2 N–H and O–H groups in total. The van der Waals surface area contributed by atoms with Crippen LogP contribution >= 0.6 is 23.2 Å². The van der Waals surface area contributed by atoms with Gasteiger partial charge < -0.3 is 20.1 Å². The summed E-state index contributed by atoms with van der Waals surface area (Å²) in [5, 5.41) is 14.1. The van der Waals surface area contributed by atoms with E-state index >= 15 is 0 Å². The third kappa shape index (κ3) is 8.49. The van der Waals surface area contributed by atoms with Gasteiger partial charge in [-0.25, -0.2) is 0 Å². The maximum atomic E-state index is 9.84. The number of hydrogen-bond acceptors (Lipinski definition) is 4. The third-order valence-corrected chi connectivity index (χ3v) is 3.44. The summed E-state index contributed by atoms with van der Waals surface area (Å²) >= 11 is 11.8. The van der Waals surface area contributed by atoms with Crippen LogP contribution in [0.4, 0.5) is 0 Å². The molecule has 0 radical (unpaired) electrons. The van der Waals surface area contributed by atoms with Crippen LogP contribution in [0.15, 0.2) is 18.2 Å². The van der Waals surface area contributed by atoms with Gasteiger partial charge >= 0.3 is 0 Å². The highest BCUT2D eigenvalue weighted by Crippen LogP contribution is 2.27. The van der Waals surface area contributed by atoms with Gasteiger partial charge in [-0.3, -0.25) is 0 Å². The van der Waals surface area contributed by atoms with Crippen molar-refractivity contribution in [2.45, 2.75) is 18.9 Å². The van der Waals surface area contributed by atoms with Gasteiger partial charge in [-0.15, -0.1) is 0 Å². The van der Waals surface area contributed by atoms with Crippen LogP contribution in [0.25, 0.3) is 0 Å². The van der Waals surface area contributed by atoms with Crippen molar-refractivity contribution in [2.75, 3.05) is 40.3 Å². The fourth-order valence-corrected chi connectivity index (χ4v) is 2.25. The fraction of sp³-hybridized carbons (Fsp3) is 0.600. The van der Waals surface area contributed by atoms with E-state index < -0.39 is 6.10 Å². The van der Waals surface area contributed by atoms with Crippen LogP contribution in [0.3, 0.4) is 0 Å². The number of ether oxygens (including phenoxy) is 1. The molecule has 21 heavy (non-hydrogen) atoms. The molecule has 120 valence electrons. The van der Waals surface area contributed by atoms with Gasteiger partial charge in [-0.2, -0.15) is 0 Å². The van der Waals surface area contributed by atoms with Crippen molar-refractivity contribution >= 4 is 23.2 Å². The molecule has 1 unspecified atom stereocenters. The van der Waals surface area contributed by atoms with Crippen LogP contribution in [-0.4, -0.2) is 56.4 Å². The number of halogens is 2. The molecule has 1 atom stereocenters. The summed E-state index contributed by atoms with van der Waals surface area (Å²) < 4.78 is 5.48. The molecule has 0 saturated carbocycles. The first kappa shape index (κ1) is 18.5. The maximum Gasteiger partial charge on any atom is 0.138 e. The van der Waals surface area contributed by atoms with Crippen LogP contribution < -0.4 is 10.1 Å². The molecule has 0 spiro atoms. The molecule has 4 nitrogen and oxygen atoms in total. The topological polar surface area (TPSA) is 44.7 Å². The van der Waals surface area contributed by atoms with E-state index in [2.05, 4.69) is 24.3 Å². The number of unbranched alkanes of at least 4 members (excludes halogenated alkanes) is 1. The van der Waals surface area contributed by atoms with Crippen LogP contribution in [0.2, 0.25) is 10.0 Å². The van der Waals surface area contributed by atoms with Gasteiger partial charge in [0.1, 0.15) is 18.5 Å². The first-order valence-electron chi connectivity index (χ1n) is 7.10. The summed E-state index contributed by atoms with van der Waals surface area (Å²) in [5.41, 5.74) is 0. The molecule has 1 rings (SSSR count). The second kappa shape index (κ2) is 10.2. The van der Waals surface area contributed by atoms with Crippen molar-refractivity contribution in [2.24, 2.45) is 0 Å².